The summed E-state index contributed by atoms with van der Waals surface area (Å²) in [5, 5.41) is 9.48. The molecule has 1 heterocycles. The van der Waals surface area contributed by atoms with Crippen LogP contribution in [-0.2, 0) is 4.79 Å². The first-order chi connectivity index (χ1) is 11.0. The van der Waals surface area contributed by atoms with E-state index in [-0.39, 0.29) is 23.3 Å². The van der Waals surface area contributed by atoms with Gasteiger partial charge in [-0.15, -0.1) is 0 Å². The largest absolute Gasteiger partial charge is 0.494 e. The first kappa shape index (κ1) is 15.8. The predicted molar refractivity (Wildman–Crippen MR) is 80.9 cm³/mol. The highest BCUT2D eigenvalue weighted by molar-refractivity contribution is 5.98. The fourth-order valence-electron chi connectivity index (χ4n) is 3.95. The van der Waals surface area contributed by atoms with Crippen LogP contribution in [0.25, 0.3) is 0 Å². The Hall–Kier alpha value is -2.11. The average Bonchev–Trinajstić information content (AvgIpc) is 2.94. The minimum Gasteiger partial charge on any atom is -0.494 e. The number of carbonyl (C=O) groups excluding carboxylic acids is 1. The van der Waals surface area contributed by atoms with Gasteiger partial charge in [0, 0.05) is 6.04 Å². The monoisotopic (exact) mass is 321 g/mol. The molecule has 1 amide bonds. The Morgan fingerprint density at radius 3 is 2.74 bits per heavy atom. The topological polar surface area (TPSA) is 66.8 Å². The molecule has 23 heavy (non-hydrogen) atoms. The molecule has 2 aliphatic rings. The molecule has 0 spiro atoms. The summed E-state index contributed by atoms with van der Waals surface area (Å²) in [7, 11) is 1.33. The number of nitrogens with zero attached hydrogens (tertiary/aromatic N) is 1. The zero-order chi connectivity index (χ0) is 16.6. The Morgan fingerprint density at radius 1 is 1.30 bits per heavy atom. The number of amides is 1. The SMILES string of the molecule is COc1cccc(C(=O)N2[C@@H]3CCCC[C@@H]3C[C@H]2C(=O)O)c1F. The van der Waals surface area contributed by atoms with Crippen molar-refractivity contribution in [1.29, 1.82) is 0 Å². The maximum Gasteiger partial charge on any atom is 0.326 e. The number of rotatable bonds is 3. The molecule has 1 aromatic carbocycles. The van der Waals surface area contributed by atoms with Crippen LogP contribution in [0.15, 0.2) is 18.2 Å². The Morgan fingerprint density at radius 2 is 2.04 bits per heavy atom. The van der Waals surface area contributed by atoms with E-state index in [4.69, 9.17) is 4.74 Å². The van der Waals surface area contributed by atoms with Crippen LogP contribution >= 0.6 is 0 Å². The summed E-state index contributed by atoms with van der Waals surface area (Å²) < 4.78 is 19.3. The highest BCUT2D eigenvalue weighted by Crippen LogP contribution is 2.41. The number of carboxylic acid groups (broad SMARTS) is 1. The molecule has 3 rings (SSSR count). The molecular formula is C17H20FNO4. The maximum absolute atomic E-state index is 14.4. The van der Waals surface area contributed by atoms with E-state index in [1.807, 2.05) is 0 Å². The quantitative estimate of drug-likeness (QED) is 0.929. The molecule has 1 saturated heterocycles. The van der Waals surface area contributed by atoms with Crippen LogP contribution in [0.4, 0.5) is 4.39 Å². The number of fused-ring (bicyclic) bond motifs is 1. The molecule has 124 valence electrons. The van der Waals surface area contributed by atoms with Crippen LogP contribution in [-0.4, -0.2) is 41.1 Å². The van der Waals surface area contributed by atoms with E-state index in [2.05, 4.69) is 0 Å². The zero-order valence-electron chi connectivity index (χ0n) is 13.0. The van der Waals surface area contributed by atoms with E-state index in [9.17, 15) is 19.1 Å². The highest BCUT2D eigenvalue weighted by atomic mass is 19.1. The number of benzene rings is 1. The van der Waals surface area contributed by atoms with Gasteiger partial charge in [0.2, 0.25) is 0 Å². The van der Waals surface area contributed by atoms with Crippen molar-refractivity contribution in [3.05, 3.63) is 29.6 Å². The summed E-state index contributed by atoms with van der Waals surface area (Å²) in [6, 6.07) is 3.38. The molecule has 1 aromatic rings. The minimum atomic E-state index is -1.02. The smallest absolute Gasteiger partial charge is 0.326 e. The lowest BCUT2D eigenvalue weighted by molar-refractivity contribution is -0.141. The second-order valence-electron chi connectivity index (χ2n) is 6.24. The van der Waals surface area contributed by atoms with Gasteiger partial charge in [-0.1, -0.05) is 18.9 Å². The fraction of sp³-hybridized carbons (Fsp3) is 0.529. The van der Waals surface area contributed by atoms with E-state index in [0.717, 1.165) is 25.7 Å². The summed E-state index contributed by atoms with van der Waals surface area (Å²) in [6.45, 7) is 0. The van der Waals surface area contributed by atoms with Crippen LogP contribution in [0.3, 0.4) is 0 Å². The van der Waals surface area contributed by atoms with Gasteiger partial charge in [-0.2, -0.15) is 0 Å². The number of aliphatic carboxylic acids is 1. The van der Waals surface area contributed by atoms with Crippen molar-refractivity contribution < 1.29 is 23.8 Å². The van der Waals surface area contributed by atoms with Gasteiger partial charge in [-0.3, -0.25) is 4.79 Å². The second kappa shape index (κ2) is 6.18. The lowest BCUT2D eigenvalue weighted by Crippen LogP contribution is -2.46. The number of hydrogen-bond donors (Lipinski definition) is 1. The van der Waals surface area contributed by atoms with Gasteiger partial charge in [0.05, 0.1) is 12.7 Å². The van der Waals surface area contributed by atoms with Crippen LogP contribution in [0.2, 0.25) is 0 Å². The molecular weight excluding hydrogens is 301 g/mol. The van der Waals surface area contributed by atoms with Gasteiger partial charge >= 0.3 is 5.97 Å². The van der Waals surface area contributed by atoms with E-state index in [1.165, 1.54) is 24.1 Å². The van der Waals surface area contributed by atoms with E-state index < -0.39 is 23.7 Å². The molecule has 0 unspecified atom stereocenters. The normalized spacial score (nSPS) is 26.7. The van der Waals surface area contributed by atoms with Gasteiger partial charge in [-0.25, -0.2) is 9.18 Å². The van der Waals surface area contributed by atoms with Crippen LogP contribution in [0.1, 0.15) is 42.5 Å². The molecule has 0 aromatic heterocycles. The number of carboxylic acids is 1. The first-order valence-electron chi connectivity index (χ1n) is 7.92. The maximum atomic E-state index is 14.4. The van der Waals surface area contributed by atoms with Gasteiger partial charge in [0.1, 0.15) is 6.04 Å². The molecule has 0 radical (unpaired) electrons. The van der Waals surface area contributed by atoms with E-state index in [1.54, 1.807) is 6.07 Å². The molecule has 1 aliphatic heterocycles. The zero-order valence-corrected chi connectivity index (χ0v) is 13.0. The number of halogens is 1. The second-order valence-corrected chi connectivity index (χ2v) is 6.24. The Labute approximate surface area is 134 Å². The number of ether oxygens (including phenoxy) is 1. The van der Waals surface area contributed by atoms with Gasteiger partial charge in [0.15, 0.2) is 11.6 Å². The van der Waals surface area contributed by atoms with Crippen molar-refractivity contribution in [3.63, 3.8) is 0 Å². The average molecular weight is 321 g/mol. The van der Waals surface area contributed by atoms with Crippen LogP contribution in [0.5, 0.6) is 5.75 Å². The molecule has 2 fully saturated rings. The van der Waals surface area contributed by atoms with Crippen molar-refractivity contribution in [3.8, 4) is 5.75 Å². The summed E-state index contributed by atoms with van der Waals surface area (Å²) >= 11 is 0. The predicted octanol–water partition coefficient (Wildman–Crippen LogP) is 2.69. The van der Waals surface area contributed by atoms with E-state index >= 15 is 0 Å². The van der Waals surface area contributed by atoms with Gasteiger partial charge in [-0.05, 0) is 37.3 Å². The van der Waals surface area contributed by atoms with Crippen molar-refractivity contribution >= 4 is 11.9 Å². The molecule has 6 heteroatoms. The molecule has 0 bridgehead atoms. The van der Waals surface area contributed by atoms with Crippen molar-refractivity contribution in [1.82, 2.24) is 4.90 Å². The molecule has 1 saturated carbocycles. The first-order valence-corrected chi connectivity index (χ1v) is 7.92. The fourth-order valence-corrected chi connectivity index (χ4v) is 3.95. The lowest BCUT2D eigenvalue weighted by Gasteiger charge is -2.33. The molecule has 1 aliphatic carbocycles. The number of hydrogen-bond acceptors (Lipinski definition) is 3. The Kier molecular flexibility index (Phi) is 4.24. The van der Waals surface area contributed by atoms with E-state index in [0.29, 0.717) is 6.42 Å². The number of methoxy groups -OCH3 is 1. The number of carbonyl (C=O) groups is 2. The minimum absolute atomic E-state index is 0.0119. The Balaban J connectivity index is 1.97. The van der Waals surface area contributed by atoms with Gasteiger partial charge in [0.25, 0.3) is 5.91 Å². The third-order valence-corrected chi connectivity index (χ3v) is 5.02. The number of likely N-dealkylation sites (tertiary alicyclic amines) is 1. The van der Waals surface area contributed by atoms with Gasteiger partial charge < -0.3 is 14.7 Å². The molecule has 5 nitrogen and oxygen atoms in total. The van der Waals surface area contributed by atoms with Crippen molar-refractivity contribution in [2.75, 3.05) is 7.11 Å². The standard InChI is InChI=1S/C17H20FNO4/c1-23-14-8-4-6-11(15(14)18)16(20)19-12-7-3-2-5-10(12)9-13(19)17(21)22/h4,6,8,10,12-13H,2-3,5,7,9H2,1H3,(H,21,22)/t10-,12-,13+/m1/s1. The summed E-state index contributed by atoms with van der Waals surface area (Å²) in [4.78, 5) is 25.9. The third kappa shape index (κ3) is 2.66. The molecule has 3 atom stereocenters. The van der Waals surface area contributed by atoms with Crippen molar-refractivity contribution in [2.24, 2.45) is 5.92 Å². The van der Waals surface area contributed by atoms with Crippen molar-refractivity contribution in [2.45, 2.75) is 44.2 Å². The van der Waals surface area contributed by atoms with Crippen LogP contribution < -0.4 is 4.74 Å². The Bertz CT molecular complexity index is 633. The van der Waals surface area contributed by atoms with Crippen LogP contribution in [0, 0.1) is 11.7 Å². The summed E-state index contributed by atoms with van der Waals surface area (Å²) in [5.74, 6) is -2.12. The lowest BCUT2D eigenvalue weighted by atomic mass is 9.84. The highest BCUT2D eigenvalue weighted by Gasteiger charge is 2.48. The molecule has 1 N–H and O–H groups in total. The summed E-state index contributed by atoms with van der Waals surface area (Å²) in [5.41, 5.74) is -0.123. The third-order valence-electron chi connectivity index (χ3n) is 5.02. The summed E-state index contributed by atoms with van der Waals surface area (Å²) in [6.07, 6.45) is 4.20.